The van der Waals surface area contributed by atoms with Crippen LogP contribution in [0.15, 0.2) is 99.6 Å². The topological polar surface area (TPSA) is 26.3 Å². The molecular weight excluding hydrogens is 352 g/mol. The Morgan fingerprint density at radius 3 is 1.63 bits per heavy atom. The number of ether oxygens (including phenoxy) is 1. The monoisotopic (exact) mass is 369 g/mol. The molecule has 0 aliphatic rings. The third-order valence-electron chi connectivity index (χ3n) is 3.81. The molecule has 0 aromatic heterocycles. The van der Waals surface area contributed by atoms with Gasteiger partial charge in [0.2, 0.25) is 6.10 Å². The Balaban J connectivity index is 1.92. The Kier molecular flexibility index (Phi) is 6.00. The van der Waals surface area contributed by atoms with E-state index in [9.17, 15) is 4.79 Å². The molecule has 3 heteroatoms. The fraction of sp³-hybridized carbons (Fsp3) is 0.0417. The van der Waals surface area contributed by atoms with Crippen molar-refractivity contribution < 1.29 is 9.53 Å². The molecule has 2 nitrogen and oxygen atoms in total. The highest BCUT2D eigenvalue weighted by Gasteiger charge is 2.28. The number of esters is 1. The zero-order valence-corrected chi connectivity index (χ0v) is 15.4. The van der Waals surface area contributed by atoms with Crippen LogP contribution in [0, 0.1) is 24.7 Å². The van der Waals surface area contributed by atoms with E-state index in [1.807, 2.05) is 48.5 Å². The second kappa shape index (κ2) is 8.81. The quantitative estimate of drug-likeness (QED) is 0.374. The van der Waals surface area contributed by atoms with Crippen LogP contribution < -0.4 is 0 Å². The average molecular weight is 369 g/mol. The summed E-state index contributed by atoms with van der Waals surface area (Å²) in [6, 6.07) is 28.0. The van der Waals surface area contributed by atoms with Crippen molar-refractivity contribution in [3.63, 3.8) is 0 Å². The van der Waals surface area contributed by atoms with E-state index in [-0.39, 0.29) is 10.9 Å². The molecule has 130 valence electrons. The van der Waals surface area contributed by atoms with Gasteiger partial charge in [-0.15, -0.1) is 12.8 Å². The Morgan fingerprint density at radius 2 is 1.19 bits per heavy atom. The fourth-order valence-corrected chi connectivity index (χ4v) is 4.62. The summed E-state index contributed by atoms with van der Waals surface area (Å²) < 4.78 is 5.10. The second-order valence-electron chi connectivity index (χ2n) is 5.58. The van der Waals surface area contributed by atoms with Crippen molar-refractivity contribution in [2.24, 2.45) is 0 Å². The summed E-state index contributed by atoms with van der Waals surface area (Å²) in [6.07, 6.45) is 9.51. The van der Waals surface area contributed by atoms with Gasteiger partial charge in [-0.05, 0) is 60.4 Å². The van der Waals surface area contributed by atoms with Gasteiger partial charge >= 0.3 is 5.97 Å². The van der Waals surface area contributed by atoms with Gasteiger partial charge in [-0.2, -0.15) is 0 Å². The molecule has 0 N–H and O–H groups in total. The van der Waals surface area contributed by atoms with E-state index in [0.717, 1.165) is 4.90 Å². The Morgan fingerprint density at radius 1 is 0.741 bits per heavy atom. The van der Waals surface area contributed by atoms with Crippen LogP contribution in [-0.4, -0.2) is 12.1 Å². The highest BCUT2D eigenvalue weighted by atomic mass is 32.2. The molecule has 0 heterocycles. The van der Waals surface area contributed by atoms with E-state index < -0.39 is 12.1 Å². The Bertz CT molecular complexity index is 927. The predicted molar refractivity (Wildman–Crippen MR) is 108 cm³/mol. The molecule has 0 saturated carbocycles. The van der Waals surface area contributed by atoms with Crippen LogP contribution >= 0.6 is 0 Å². The van der Waals surface area contributed by atoms with Gasteiger partial charge in [-0.25, -0.2) is 4.79 Å². The second-order valence-corrected chi connectivity index (χ2v) is 7.60. The summed E-state index contributed by atoms with van der Waals surface area (Å²) in [5.74, 6) is 3.97. The van der Waals surface area contributed by atoms with E-state index in [1.54, 1.807) is 12.1 Å². The first-order chi connectivity index (χ1) is 13.2. The molecule has 0 saturated heterocycles. The first kappa shape index (κ1) is 18.4. The summed E-state index contributed by atoms with van der Waals surface area (Å²) in [5, 5.41) is 0. The lowest BCUT2D eigenvalue weighted by Gasteiger charge is -2.09. The molecule has 0 radical (unpaired) electrons. The number of benzene rings is 3. The Hall–Kier alpha value is -3.40. The van der Waals surface area contributed by atoms with E-state index in [1.165, 1.54) is 9.79 Å². The molecule has 0 atom stereocenters. The van der Waals surface area contributed by atoms with Crippen molar-refractivity contribution in [2.75, 3.05) is 0 Å². The Labute approximate surface area is 162 Å². The van der Waals surface area contributed by atoms with Gasteiger partial charge in [0.05, 0.1) is 16.5 Å². The number of terminal acetylenes is 2. The number of carbonyl (C=O) groups excluding carboxylic acids is 1. The summed E-state index contributed by atoms with van der Waals surface area (Å²) in [4.78, 5) is 15.7. The average Bonchev–Trinajstić information content (AvgIpc) is 2.74. The van der Waals surface area contributed by atoms with Crippen molar-refractivity contribution in [1.29, 1.82) is 0 Å². The SMILES string of the molecule is C#CC(C#C)OC(=O)c1ccc([S+](c2ccccc2)c2ccccc2)cc1. The molecule has 0 aliphatic carbocycles. The largest absolute Gasteiger partial charge is 0.433 e. The fourth-order valence-electron chi connectivity index (χ4n) is 2.54. The van der Waals surface area contributed by atoms with Crippen LogP contribution in [0.25, 0.3) is 0 Å². The molecule has 0 bridgehead atoms. The van der Waals surface area contributed by atoms with Gasteiger partial charge in [-0.1, -0.05) is 36.4 Å². The van der Waals surface area contributed by atoms with Crippen LogP contribution in [0.2, 0.25) is 0 Å². The van der Waals surface area contributed by atoms with Crippen molar-refractivity contribution in [3.8, 4) is 24.7 Å². The molecule has 0 unspecified atom stereocenters. The molecule has 3 aromatic carbocycles. The van der Waals surface area contributed by atoms with Crippen LogP contribution in [0.3, 0.4) is 0 Å². The predicted octanol–water partition coefficient (Wildman–Crippen LogP) is 4.57. The number of carbonyl (C=O) groups is 1. The van der Waals surface area contributed by atoms with Gasteiger partial charge in [-0.3, -0.25) is 0 Å². The normalized spacial score (nSPS) is 10.2. The van der Waals surface area contributed by atoms with E-state index in [0.29, 0.717) is 5.56 Å². The standard InChI is InChI=1S/C24H17O2S/c1-3-20(4-2)26-24(25)19-15-17-23(18-16-19)27(21-11-7-5-8-12-21)22-13-9-6-10-14-22/h1-2,5-18,20H/q+1. The molecule has 3 aromatic rings. The minimum atomic E-state index is -0.958. The number of hydrogen-bond donors (Lipinski definition) is 0. The maximum absolute atomic E-state index is 12.2. The zero-order valence-electron chi connectivity index (χ0n) is 14.5. The van der Waals surface area contributed by atoms with E-state index >= 15 is 0 Å². The van der Waals surface area contributed by atoms with Gasteiger partial charge < -0.3 is 4.74 Å². The summed E-state index contributed by atoms with van der Waals surface area (Å²) in [6.45, 7) is 0. The van der Waals surface area contributed by atoms with Gasteiger partial charge in [0.1, 0.15) is 0 Å². The molecule has 3 rings (SSSR count). The lowest BCUT2D eigenvalue weighted by molar-refractivity contribution is 0.0486. The van der Waals surface area contributed by atoms with Crippen molar-refractivity contribution in [2.45, 2.75) is 20.8 Å². The maximum atomic E-state index is 12.2. The minimum absolute atomic E-state index is 0.267. The van der Waals surface area contributed by atoms with Crippen molar-refractivity contribution >= 4 is 16.9 Å². The molecule has 0 fully saturated rings. The third kappa shape index (κ3) is 4.42. The lowest BCUT2D eigenvalue weighted by Crippen LogP contribution is -2.14. The first-order valence-electron chi connectivity index (χ1n) is 8.30. The van der Waals surface area contributed by atoms with Crippen molar-refractivity contribution in [1.82, 2.24) is 0 Å². The number of rotatable bonds is 5. The maximum Gasteiger partial charge on any atom is 0.340 e. The van der Waals surface area contributed by atoms with Crippen LogP contribution in [-0.2, 0) is 15.6 Å². The van der Waals surface area contributed by atoms with Crippen LogP contribution in [0.1, 0.15) is 10.4 Å². The first-order valence-corrected chi connectivity index (χ1v) is 9.53. The highest BCUT2D eigenvalue weighted by Crippen LogP contribution is 2.31. The van der Waals surface area contributed by atoms with Crippen LogP contribution in [0.5, 0.6) is 0 Å². The number of hydrogen-bond acceptors (Lipinski definition) is 2. The zero-order chi connectivity index (χ0) is 19.1. The van der Waals surface area contributed by atoms with E-state index in [4.69, 9.17) is 17.6 Å². The van der Waals surface area contributed by atoms with Gasteiger partial charge in [0, 0.05) is 0 Å². The smallest absolute Gasteiger partial charge is 0.340 e. The van der Waals surface area contributed by atoms with E-state index in [2.05, 4.69) is 36.1 Å². The molecule has 0 spiro atoms. The van der Waals surface area contributed by atoms with Crippen LogP contribution in [0.4, 0.5) is 0 Å². The molecule has 0 aliphatic heterocycles. The van der Waals surface area contributed by atoms with Gasteiger partial charge in [0.15, 0.2) is 14.7 Å². The summed E-state index contributed by atoms with van der Waals surface area (Å²) in [5.41, 5.74) is 0.416. The highest BCUT2D eigenvalue weighted by molar-refractivity contribution is 7.97. The summed E-state index contributed by atoms with van der Waals surface area (Å²) >= 11 is 0. The van der Waals surface area contributed by atoms with Gasteiger partial charge in [0.25, 0.3) is 0 Å². The molecule has 0 amide bonds. The molecule has 27 heavy (non-hydrogen) atoms. The summed E-state index contributed by atoms with van der Waals surface area (Å²) in [7, 11) is -0.267. The third-order valence-corrected chi connectivity index (χ3v) is 6.04. The molecular formula is C24H17O2S+. The minimum Gasteiger partial charge on any atom is -0.433 e. The lowest BCUT2D eigenvalue weighted by atomic mass is 10.2. The van der Waals surface area contributed by atoms with Crippen molar-refractivity contribution in [3.05, 3.63) is 90.5 Å².